The van der Waals surface area contributed by atoms with Gasteiger partial charge in [-0.05, 0) is 13.8 Å². The van der Waals surface area contributed by atoms with E-state index < -0.39 is 7.60 Å². The Morgan fingerprint density at radius 1 is 1.36 bits per heavy atom. The van der Waals surface area contributed by atoms with Crippen molar-refractivity contribution in [3.05, 3.63) is 12.7 Å². The van der Waals surface area contributed by atoms with E-state index in [0.29, 0.717) is 13.2 Å². The molecular weight excluding hydrogens is 163 g/mol. The largest absolute Gasteiger partial charge is 0.334 e. The minimum Gasteiger partial charge on any atom is -0.309 e. The molecule has 0 aromatic heterocycles. The lowest BCUT2D eigenvalue weighted by Gasteiger charge is -2.14. The lowest BCUT2D eigenvalue weighted by atomic mass is 10.8. The molecule has 0 saturated carbocycles. The summed E-state index contributed by atoms with van der Waals surface area (Å²) in [6.07, 6.45) is 1.47. The number of allylic oxidation sites excluding steroid dienone is 1. The van der Waals surface area contributed by atoms with Crippen molar-refractivity contribution in [2.75, 3.05) is 19.4 Å². The lowest BCUT2D eigenvalue weighted by Crippen LogP contribution is -1.97. The molecule has 0 saturated heterocycles. The predicted molar refractivity (Wildman–Crippen MR) is 44.6 cm³/mol. The molecular formula is C7H14O3P. The molecule has 0 heterocycles. The Balaban J connectivity index is 4.01. The fourth-order valence-electron chi connectivity index (χ4n) is 0.665. The summed E-state index contributed by atoms with van der Waals surface area (Å²) in [7, 11) is -2.90. The summed E-state index contributed by atoms with van der Waals surface area (Å²) in [4.78, 5) is 0. The highest BCUT2D eigenvalue weighted by molar-refractivity contribution is 7.54. The Hall–Kier alpha value is -0.110. The molecule has 0 spiro atoms. The minimum atomic E-state index is -2.90. The minimum absolute atomic E-state index is 0.175. The molecule has 0 aromatic carbocycles. The molecule has 65 valence electrons. The Morgan fingerprint density at radius 2 is 1.82 bits per heavy atom. The van der Waals surface area contributed by atoms with Crippen molar-refractivity contribution in [2.24, 2.45) is 0 Å². The molecule has 0 aliphatic rings. The van der Waals surface area contributed by atoms with Crippen LogP contribution in [0.15, 0.2) is 6.08 Å². The Bertz CT molecular complexity index is 146. The maximum absolute atomic E-state index is 11.5. The number of hydrogen-bond acceptors (Lipinski definition) is 3. The van der Waals surface area contributed by atoms with Gasteiger partial charge in [0.2, 0.25) is 0 Å². The van der Waals surface area contributed by atoms with E-state index in [4.69, 9.17) is 15.6 Å². The predicted octanol–water partition coefficient (Wildman–Crippen LogP) is 2.24. The second-order valence-electron chi connectivity index (χ2n) is 1.86. The molecule has 0 N–H and O–H groups in total. The monoisotopic (exact) mass is 177 g/mol. The van der Waals surface area contributed by atoms with Crippen molar-refractivity contribution < 1.29 is 13.6 Å². The van der Waals surface area contributed by atoms with Crippen LogP contribution in [0, 0.1) is 6.58 Å². The van der Waals surface area contributed by atoms with Crippen LogP contribution in [0.5, 0.6) is 0 Å². The van der Waals surface area contributed by atoms with E-state index in [0.717, 1.165) is 0 Å². The van der Waals surface area contributed by atoms with Gasteiger partial charge in [0.1, 0.15) is 0 Å². The zero-order chi connectivity index (χ0) is 8.74. The van der Waals surface area contributed by atoms with E-state index in [1.165, 1.54) is 6.08 Å². The lowest BCUT2D eigenvalue weighted by molar-refractivity contribution is 0.222. The Labute approximate surface area is 67.9 Å². The van der Waals surface area contributed by atoms with E-state index in [2.05, 4.69) is 0 Å². The SMILES string of the molecule is [CH]=CCP(=O)(OCC)OCC. The maximum atomic E-state index is 11.5. The number of rotatable bonds is 6. The molecule has 0 bridgehead atoms. The second kappa shape index (κ2) is 5.53. The van der Waals surface area contributed by atoms with E-state index >= 15 is 0 Å². The van der Waals surface area contributed by atoms with Gasteiger partial charge in [-0.15, -0.1) is 0 Å². The van der Waals surface area contributed by atoms with Crippen LogP contribution in [-0.2, 0) is 13.6 Å². The molecule has 0 amide bonds. The highest BCUT2D eigenvalue weighted by Crippen LogP contribution is 2.47. The zero-order valence-corrected chi connectivity index (χ0v) is 7.84. The summed E-state index contributed by atoms with van der Waals surface area (Å²) < 4.78 is 21.3. The molecule has 0 atom stereocenters. The number of hydrogen-bond donors (Lipinski definition) is 0. The first-order valence-corrected chi connectivity index (χ1v) is 5.32. The van der Waals surface area contributed by atoms with Gasteiger partial charge in [-0.1, -0.05) is 12.7 Å². The van der Waals surface area contributed by atoms with Crippen LogP contribution >= 0.6 is 7.60 Å². The third-order valence-corrected chi connectivity index (χ3v) is 2.94. The summed E-state index contributed by atoms with van der Waals surface area (Å²) >= 11 is 0. The van der Waals surface area contributed by atoms with Gasteiger partial charge in [0.05, 0.1) is 19.4 Å². The van der Waals surface area contributed by atoms with Gasteiger partial charge in [0.25, 0.3) is 0 Å². The molecule has 4 heteroatoms. The van der Waals surface area contributed by atoms with Gasteiger partial charge < -0.3 is 9.05 Å². The van der Waals surface area contributed by atoms with Crippen molar-refractivity contribution in [2.45, 2.75) is 13.8 Å². The normalized spacial score (nSPS) is 11.5. The fourth-order valence-corrected chi connectivity index (χ4v) is 2.00. The standard InChI is InChI=1S/C7H14O3P/c1-4-7-11(8,9-5-2)10-6-3/h1,4H,5-7H2,2-3H3. The van der Waals surface area contributed by atoms with Crippen LogP contribution in [0.3, 0.4) is 0 Å². The van der Waals surface area contributed by atoms with Gasteiger partial charge in [0, 0.05) is 0 Å². The molecule has 0 fully saturated rings. The summed E-state index contributed by atoms with van der Waals surface area (Å²) in [6.45, 7) is 9.41. The van der Waals surface area contributed by atoms with Gasteiger partial charge in [-0.25, -0.2) is 0 Å². The smallest absolute Gasteiger partial charge is 0.309 e. The van der Waals surface area contributed by atoms with Gasteiger partial charge in [-0.2, -0.15) is 0 Å². The Morgan fingerprint density at radius 3 is 2.09 bits per heavy atom. The molecule has 0 rings (SSSR count). The van der Waals surface area contributed by atoms with Crippen molar-refractivity contribution in [3.8, 4) is 0 Å². The first-order valence-electron chi connectivity index (χ1n) is 3.60. The summed E-state index contributed by atoms with van der Waals surface area (Å²) in [5.74, 6) is 0. The van der Waals surface area contributed by atoms with Crippen molar-refractivity contribution in [3.63, 3.8) is 0 Å². The van der Waals surface area contributed by atoms with E-state index in [1.807, 2.05) is 0 Å². The highest BCUT2D eigenvalue weighted by atomic mass is 31.2. The molecule has 0 unspecified atom stereocenters. The molecule has 1 radical (unpaired) electrons. The van der Waals surface area contributed by atoms with Crippen molar-refractivity contribution in [1.82, 2.24) is 0 Å². The van der Waals surface area contributed by atoms with Crippen LogP contribution in [0.4, 0.5) is 0 Å². The zero-order valence-electron chi connectivity index (χ0n) is 6.95. The van der Waals surface area contributed by atoms with Crippen molar-refractivity contribution >= 4 is 7.60 Å². The van der Waals surface area contributed by atoms with E-state index in [-0.39, 0.29) is 6.16 Å². The van der Waals surface area contributed by atoms with E-state index in [1.54, 1.807) is 13.8 Å². The van der Waals surface area contributed by atoms with E-state index in [9.17, 15) is 4.57 Å². The third kappa shape index (κ3) is 4.35. The molecule has 0 aliphatic carbocycles. The summed E-state index contributed by atoms with van der Waals surface area (Å²) in [5, 5.41) is 0. The van der Waals surface area contributed by atoms with Crippen LogP contribution < -0.4 is 0 Å². The highest BCUT2D eigenvalue weighted by Gasteiger charge is 2.20. The average molecular weight is 177 g/mol. The quantitative estimate of drug-likeness (QED) is 0.583. The van der Waals surface area contributed by atoms with Crippen LogP contribution in [0.1, 0.15) is 13.8 Å². The molecule has 0 aliphatic heterocycles. The molecule has 11 heavy (non-hydrogen) atoms. The first-order chi connectivity index (χ1) is 5.18. The van der Waals surface area contributed by atoms with Crippen molar-refractivity contribution in [1.29, 1.82) is 0 Å². The Kier molecular flexibility index (Phi) is 5.47. The maximum Gasteiger partial charge on any atom is 0.334 e. The van der Waals surface area contributed by atoms with Crippen LogP contribution in [-0.4, -0.2) is 19.4 Å². The first kappa shape index (κ1) is 10.9. The average Bonchev–Trinajstić information content (AvgIpc) is 1.88. The van der Waals surface area contributed by atoms with Crippen LogP contribution in [0.25, 0.3) is 0 Å². The molecule has 3 nitrogen and oxygen atoms in total. The van der Waals surface area contributed by atoms with Gasteiger partial charge in [0.15, 0.2) is 0 Å². The van der Waals surface area contributed by atoms with Gasteiger partial charge >= 0.3 is 7.60 Å². The summed E-state index contributed by atoms with van der Waals surface area (Å²) in [5.41, 5.74) is 0. The third-order valence-electron chi connectivity index (χ3n) is 0.981. The van der Waals surface area contributed by atoms with Crippen LogP contribution in [0.2, 0.25) is 0 Å². The molecule has 0 aromatic rings. The topological polar surface area (TPSA) is 35.5 Å². The summed E-state index contributed by atoms with van der Waals surface area (Å²) in [6, 6.07) is 0. The van der Waals surface area contributed by atoms with Gasteiger partial charge in [-0.3, -0.25) is 4.57 Å². The fraction of sp³-hybridized carbons (Fsp3) is 0.714. The second-order valence-corrected chi connectivity index (χ2v) is 3.97.